The smallest absolute Gasteiger partial charge is 0.431 e. The van der Waals surface area contributed by atoms with Crippen LogP contribution in [0.2, 0.25) is 0 Å². The average molecular weight is 244 g/mol. The predicted molar refractivity (Wildman–Crippen MR) is 70.0 cm³/mol. The van der Waals surface area contributed by atoms with Gasteiger partial charge in [0.05, 0.1) is 0 Å². The van der Waals surface area contributed by atoms with Gasteiger partial charge >= 0.3 is 6.16 Å². The second-order valence-corrected chi connectivity index (χ2v) is 5.39. The lowest BCUT2D eigenvalue weighted by molar-refractivity contribution is -0.0269. The van der Waals surface area contributed by atoms with E-state index in [0.29, 0.717) is 11.8 Å². The molecular weight excluding hydrogens is 216 g/mol. The minimum absolute atomic E-state index is 0.0533. The van der Waals surface area contributed by atoms with E-state index in [1.165, 1.54) is 0 Å². The highest BCUT2D eigenvalue weighted by Crippen LogP contribution is 2.17. The van der Waals surface area contributed by atoms with Crippen molar-refractivity contribution in [2.45, 2.75) is 73.0 Å². The molecule has 102 valence electrons. The van der Waals surface area contributed by atoms with E-state index in [9.17, 15) is 4.79 Å². The highest BCUT2D eigenvalue weighted by atomic mass is 16.7. The van der Waals surface area contributed by atoms with Crippen LogP contribution in [0.15, 0.2) is 0 Å². The summed E-state index contributed by atoms with van der Waals surface area (Å²) in [7, 11) is 0. The number of unbranched alkanes of at least 4 members (excludes halogenated alkanes) is 1. The van der Waals surface area contributed by atoms with Crippen molar-refractivity contribution in [3.05, 3.63) is 0 Å². The Hall–Kier alpha value is -0.730. The van der Waals surface area contributed by atoms with Crippen LogP contribution in [0.5, 0.6) is 0 Å². The highest BCUT2D eigenvalue weighted by molar-refractivity contribution is 5.60. The molecule has 0 aromatic rings. The number of rotatable bonds is 7. The summed E-state index contributed by atoms with van der Waals surface area (Å²) in [6, 6.07) is 0. The minimum atomic E-state index is -0.527. The second-order valence-electron chi connectivity index (χ2n) is 5.39. The first kappa shape index (κ1) is 16.3. The molecule has 0 aliphatic heterocycles. The van der Waals surface area contributed by atoms with Crippen LogP contribution in [0.3, 0.4) is 0 Å². The van der Waals surface area contributed by atoms with Crippen LogP contribution in [-0.4, -0.2) is 18.4 Å². The molecule has 0 aliphatic rings. The normalized spacial score (nSPS) is 13.2. The minimum Gasteiger partial charge on any atom is -0.431 e. The molecular formula is C14H28O3. The van der Waals surface area contributed by atoms with Gasteiger partial charge in [0.1, 0.15) is 12.2 Å². The molecule has 0 rings (SSSR count). The van der Waals surface area contributed by atoms with Crippen molar-refractivity contribution < 1.29 is 14.3 Å². The lowest BCUT2D eigenvalue weighted by Gasteiger charge is -2.25. The van der Waals surface area contributed by atoms with Crippen molar-refractivity contribution in [2.75, 3.05) is 0 Å². The van der Waals surface area contributed by atoms with Gasteiger partial charge in [-0.05, 0) is 25.2 Å². The summed E-state index contributed by atoms with van der Waals surface area (Å²) in [5.74, 6) is 0.627. The van der Waals surface area contributed by atoms with E-state index in [2.05, 4.69) is 34.6 Å². The third-order valence-electron chi connectivity index (χ3n) is 2.81. The van der Waals surface area contributed by atoms with E-state index < -0.39 is 6.16 Å². The standard InChI is InChI=1S/C14H28O3/c1-7-8-9-12(6)16-14(15)17-13(10(2)3)11(4)5/h10-13H,7-9H2,1-6H3. The fourth-order valence-electron chi connectivity index (χ4n) is 1.90. The zero-order chi connectivity index (χ0) is 13.4. The maximum Gasteiger partial charge on any atom is 0.508 e. The topological polar surface area (TPSA) is 35.5 Å². The van der Waals surface area contributed by atoms with Gasteiger partial charge in [0.2, 0.25) is 0 Å². The molecule has 0 heterocycles. The Morgan fingerprint density at radius 2 is 1.53 bits per heavy atom. The maximum absolute atomic E-state index is 11.6. The molecule has 0 aliphatic carbocycles. The molecule has 0 fully saturated rings. The van der Waals surface area contributed by atoms with Gasteiger partial charge in [-0.25, -0.2) is 4.79 Å². The molecule has 0 N–H and O–H groups in total. The van der Waals surface area contributed by atoms with Crippen LogP contribution in [-0.2, 0) is 9.47 Å². The molecule has 1 unspecified atom stereocenters. The number of hydrogen-bond donors (Lipinski definition) is 0. The molecule has 17 heavy (non-hydrogen) atoms. The SMILES string of the molecule is CCCCC(C)OC(=O)OC(C(C)C)C(C)C. The summed E-state index contributed by atoms with van der Waals surface area (Å²) in [4.78, 5) is 11.6. The average Bonchev–Trinajstić information content (AvgIpc) is 2.22. The molecule has 0 saturated heterocycles. The van der Waals surface area contributed by atoms with Gasteiger partial charge in [-0.15, -0.1) is 0 Å². The van der Waals surface area contributed by atoms with E-state index in [4.69, 9.17) is 9.47 Å². The Morgan fingerprint density at radius 1 is 1.00 bits per heavy atom. The van der Waals surface area contributed by atoms with Crippen LogP contribution in [0.25, 0.3) is 0 Å². The van der Waals surface area contributed by atoms with E-state index >= 15 is 0 Å². The third-order valence-corrected chi connectivity index (χ3v) is 2.81. The van der Waals surface area contributed by atoms with Crippen molar-refractivity contribution in [2.24, 2.45) is 11.8 Å². The van der Waals surface area contributed by atoms with Gasteiger partial charge in [0, 0.05) is 0 Å². The van der Waals surface area contributed by atoms with Crippen molar-refractivity contribution in [1.82, 2.24) is 0 Å². The van der Waals surface area contributed by atoms with Gasteiger partial charge in [-0.3, -0.25) is 0 Å². The maximum atomic E-state index is 11.6. The van der Waals surface area contributed by atoms with Crippen molar-refractivity contribution >= 4 is 6.16 Å². The van der Waals surface area contributed by atoms with Crippen LogP contribution in [0, 0.1) is 11.8 Å². The second kappa shape index (κ2) is 8.37. The van der Waals surface area contributed by atoms with Gasteiger partial charge in [-0.2, -0.15) is 0 Å². The van der Waals surface area contributed by atoms with Gasteiger partial charge < -0.3 is 9.47 Å². The quantitative estimate of drug-likeness (QED) is 0.623. The van der Waals surface area contributed by atoms with Crippen LogP contribution in [0.1, 0.15) is 60.8 Å². The Morgan fingerprint density at radius 3 is 1.94 bits per heavy atom. The van der Waals surface area contributed by atoms with Crippen molar-refractivity contribution in [1.29, 1.82) is 0 Å². The molecule has 3 nitrogen and oxygen atoms in total. The predicted octanol–water partition coefficient (Wildman–Crippen LogP) is 4.40. The first-order valence-corrected chi connectivity index (χ1v) is 6.75. The molecule has 0 aromatic carbocycles. The van der Waals surface area contributed by atoms with E-state index in [1.807, 2.05) is 6.92 Å². The van der Waals surface area contributed by atoms with Gasteiger partial charge in [-0.1, -0.05) is 47.5 Å². The van der Waals surface area contributed by atoms with Crippen LogP contribution in [0.4, 0.5) is 4.79 Å². The summed E-state index contributed by atoms with van der Waals surface area (Å²) in [5, 5.41) is 0. The Kier molecular flexibility index (Phi) is 8.01. The van der Waals surface area contributed by atoms with E-state index in [0.717, 1.165) is 19.3 Å². The Bertz CT molecular complexity index is 204. The fraction of sp³-hybridized carbons (Fsp3) is 0.929. The molecule has 0 aromatic heterocycles. The van der Waals surface area contributed by atoms with E-state index in [-0.39, 0.29) is 12.2 Å². The molecule has 0 radical (unpaired) electrons. The van der Waals surface area contributed by atoms with Crippen LogP contribution < -0.4 is 0 Å². The summed E-state index contributed by atoms with van der Waals surface area (Å²) in [5.41, 5.74) is 0. The number of hydrogen-bond acceptors (Lipinski definition) is 3. The molecule has 1 atom stereocenters. The van der Waals surface area contributed by atoms with Crippen molar-refractivity contribution in [3.63, 3.8) is 0 Å². The van der Waals surface area contributed by atoms with E-state index in [1.54, 1.807) is 0 Å². The van der Waals surface area contributed by atoms with Gasteiger partial charge in [0.15, 0.2) is 0 Å². The summed E-state index contributed by atoms with van der Waals surface area (Å²) >= 11 is 0. The fourth-order valence-corrected chi connectivity index (χ4v) is 1.90. The molecule has 0 bridgehead atoms. The monoisotopic (exact) mass is 244 g/mol. The Balaban J connectivity index is 4.06. The summed E-state index contributed by atoms with van der Waals surface area (Å²) < 4.78 is 10.6. The number of ether oxygens (including phenoxy) is 2. The largest absolute Gasteiger partial charge is 0.508 e. The Labute approximate surface area is 106 Å². The molecule has 0 saturated carbocycles. The molecule has 3 heteroatoms. The highest BCUT2D eigenvalue weighted by Gasteiger charge is 2.23. The zero-order valence-electron chi connectivity index (χ0n) is 12.2. The zero-order valence-corrected chi connectivity index (χ0v) is 12.2. The number of carbonyl (C=O) groups excluding carboxylic acids is 1. The lowest BCUT2D eigenvalue weighted by Crippen LogP contribution is -2.30. The first-order valence-electron chi connectivity index (χ1n) is 6.75. The lowest BCUT2D eigenvalue weighted by atomic mass is 9.96. The van der Waals surface area contributed by atoms with Crippen LogP contribution >= 0.6 is 0 Å². The van der Waals surface area contributed by atoms with Gasteiger partial charge in [0.25, 0.3) is 0 Å². The molecule has 0 spiro atoms. The summed E-state index contributed by atoms with van der Waals surface area (Å²) in [6.07, 6.45) is 2.44. The molecule has 0 amide bonds. The number of carbonyl (C=O) groups is 1. The first-order chi connectivity index (χ1) is 7.88. The van der Waals surface area contributed by atoms with Crippen molar-refractivity contribution in [3.8, 4) is 0 Å². The summed E-state index contributed by atoms with van der Waals surface area (Å²) in [6.45, 7) is 12.3. The third kappa shape index (κ3) is 7.24.